The maximum absolute atomic E-state index is 5.68. The molecule has 1 aliphatic rings. The van der Waals surface area contributed by atoms with E-state index in [1.165, 1.54) is 43.2 Å². The molecule has 0 radical (unpaired) electrons. The van der Waals surface area contributed by atoms with Crippen molar-refractivity contribution >= 4 is 6.01 Å². The summed E-state index contributed by atoms with van der Waals surface area (Å²) in [4.78, 5) is 8.67. The molecule has 1 aromatic carbocycles. The standard InChI is InChI=1S/C19H28N2O/c1-17-9-11-18(12-10-17)15-22-14-6-5-13-20-16-21-19-7-3-2-4-8-19/h9-12,19H,2-8,13-15H2,1H3. The summed E-state index contributed by atoms with van der Waals surface area (Å²) in [7, 11) is 0. The first-order valence-corrected chi connectivity index (χ1v) is 8.59. The van der Waals surface area contributed by atoms with Crippen molar-refractivity contribution in [1.82, 2.24) is 0 Å². The lowest BCUT2D eigenvalue weighted by Crippen LogP contribution is -2.08. The van der Waals surface area contributed by atoms with Gasteiger partial charge in [0.05, 0.1) is 18.7 Å². The van der Waals surface area contributed by atoms with Gasteiger partial charge in [0.1, 0.15) is 0 Å². The molecular formula is C19H28N2O. The van der Waals surface area contributed by atoms with Crippen LogP contribution in [0, 0.1) is 6.92 Å². The molecule has 0 aromatic heterocycles. The molecule has 1 fully saturated rings. The second-order valence-electron chi connectivity index (χ2n) is 6.15. The smallest absolute Gasteiger partial charge is 0.0895 e. The minimum absolute atomic E-state index is 0.482. The van der Waals surface area contributed by atoms with Crippen LogP contribution in [-0.4, -0.2) is 25.2 Å². The van der Waals surface area contributed by atoms with Crippen LogP contribution in [0.5, 0.6) is 0 Å². The minimum Gasteiger partial charge on any atom is -0.377 e. The van der Waals surface area contributed by atoms with Gasteiger partial charge in [-0.25, -0.2) is 9.98 Å². The first kappa shape index (κ1) is 16.9. The monoisotopic (exact) mass is 300 g/mol. The van der Waals surface area contributed by atoms with Gasteiger partial charge in [0.2, 0.25) is 0 Å². The highest BCUT2D eigenvalue weighted by atomic mass is 16.5. The van der Waals surface area contributed by atoms with Crippen molar-refractivity contribution in [2.75, 3.05) is 13.2 Å². The number of benzene rings is 1. The Hall–Kier alpha value is -1.44. The maximum Gasteiger partial charge on any atom is 0.0895 e. The summed E-state index contributed by atoms with van der Waals surface area (Å²) >= 11 is 0. The van der Waals surface area contributed by atoms with E-state index in [9.17, 15) is 0 Å². The van der Waals surface area contributed by atoms with Crippen LogP contribution >= 0.6 is 0 Å². The van der Waals surface area contributed by atoms with Crippen LogP contribution < -0.4 is 0 Å². The summed E-state index contributed by atoms with van der Waals surface area (Å²) in [6, 6.07) is 11.9. The maximum atomic E-state index is 5.68. The molecule has 0 N–H and O–H groups in total. The van der Waals surface area contributed by atoms with E-state index in [0.717, 1.165) is 26.0 Å². The minimum atomic E-state index is 0.482. The fraction of sp³-hybridized carbons (Fsp3) is 0.632. The Morgan fingerprint density at radius 3 is 2.64 bits per heavy atom. The average Bonchev–Trinajstić information content (AvgIpc) is 2.56. The van der Waals surface area contributed by atoms with E-state index < -0.39 is 0 Å². The highest BCUT2D eigenvalue weighted by Crippen LogP contribution is 2.19. The number of rotatable bonds is 8. The quantitative estimate of drug-likeness (QED) is 0.501. The summed E-state index contributed by atoms with van der Waals surface area (Å²) < 4.78 is 5.68. The largest absolute Gasteiger partial charge is 0.377 e. The van der Waals surface area contributed by atoms with Gasteiger partial charge in [0.15, 0.2) is 0 Å². The molecule has 0 aliphatic heterocycles. The van der Waals surface area contributed by atoms with Crippen LogP contribution in [0.25, 0.3) is 0 Å². The molecule has 0 amide bonds. The zero-order chi connectivity index (χ0) is 15.5. The molecule has 1 aliphatic carbocycles. The number of hydrogen-bond donors (Lipinski definition) is 0. The predicted molar refractivity (Wildman–Crippen MR) is 91.7 cm³/mol. The summed E-state index contributed by atoms with van der Waals surface area (Å²) in [6.45, 7) is 4.41. The summed E-state index contributed by atoms with van der Waals surface area (Å²) in [5.41, 5.74) is 2.53. The Balaban J connectivity index is 1.48. The van der Waals surface area contributed by atoms with Crippen molar-refractivity contribution in [3.63, 3.8) is 0 Å². The number of hydrogen-bond acceptors (Lipinski definition) is 3. The van der Waals surface area contributed by atoms with Gasteiger partial charge >= 0.3 is 0 Å². The molecule has 0 atom stereocenters. The first-order valence-electron chi connectivity index (χ1n) is 8.59. The Morgan fingerprint density at radius 1 is 1.09 bits per heavy atom. The fourth-order valence-corrected chi connectivity index (χ4v) is 2.65. The molecule has 0 heterocycles. The van der Waals surface area contributed by atoms with Gasteiger partial charge in [-0.05, 0) is 38.2 Å². The van der Waals surface area contributed by atoms with Gasteiger partial charge in [0.25, 0.3) is 0 Å². The predicted octanol–water partition coefficient (Wildman–Crippen LogP) is 4.80. The summed E-state index contributed by atoms with van der Waals surface area (Å²) in [6.07, 6.45) is 8.51. The third-order valence-corrected chi connectivity index (χ3v) is 4.08. The van der Waals surface area contributed by atoms with Crippen LogP contribution in [0.3, 0.4) is 0 Å². The number of nitrogens with zero attached hydrogens (tertiary/aromatic N) is 2. The summed E-state index contributed by atoms with van der Waals surface area (Å²) in [5.74, 6) is 0. The molecule has 0 bridgehead atoms. The normalized spacial score (nSPS) is 15.3. The summed E-state index contributed by atoms with van der Waals surface area (Å²) in [5, 5.41) is 0. The second kappa shape index (κ2) is 10.3. The van der Waals surface area contributed by atoms with Gasteiger partial charge < -0.3 is 4.74 Å². The molecule has 3 nitrogen and oxygen atoms in total. The third-order valence-electron chi connectivity index (χ3n) is 4.08. The van der Waals surface area contributed by atoms with E-state index in [4.69, 9.17) is 4.74 Å². The van der Waals surface area contributed by atoms with E-state index in [1.54, 1.807) is 0 Å². The number of unbranched alkanes of at least 4 members (excludes halogenated alkanes) is 1. The molecule has 0 unspecified atom stereocenters. The van der Waals surface area contributed by atoms with Crippen LogP contribution in [0.4, 0.5) is 0 Å². The molecule has 22 heavy (non-hydrogen) atoms. The van der Waals surface area contributed by atoms with Gasteiger partial charge in [-0.15, -0.1) is 0 Å². The molecule has 0 saturated heterocycles. The Labute approximate surface area is 134 Å². The zero-order valence-corrected chi connectivity index (χ0v) is 13.8. The average molecular weight is 300 g/mol. The molecular weight excluding hydrogens is 272 g/mol. The Kier molecular flexibility index (Phi) is 7.93. The van der Waals surface area contributed by atoms with Crippen molar-refractivity contribution in [3.8, 4) is 0 Å². The molecule has 1 aromatic rings. The van der Waals surface area contributed by atoms with Gasteiger partial charge in [-0.2, -0.15) is 0 Å². The molecule has 2 rings (SSSR count). The SMILES string of the molecule is Cc1ccc(COCCCCN=C=NC2CCCCC2)cc1. The van der Waals surface area contributed by atoms with Crippen molar-refractivity contribution in [1.29, 1.82) is 0 Å². The lowest BCUT2D eigenvalue weighted by molar-refractivity contribution is 0.117. The fourth-order valence-electron chi connectivity index (χ4n) is 2.65. The Bertz CT molecular complexity index is 469. The highest BCUT2D eigenvalue weighted by Gasteiger charge is 2.10. The van der Waals surface area contributed by atoms with Crippen LogP contribution in [-0.2, 0) is 11.3 Å². The number of aliphatic imine (C=N–C) groups is 2. The van der Waals surface area contributed by atoms with Crippen LogP contribution in [0.2, 0.25) is 0 Å². The second-order valence-corrected chi connectivity index (χ2v) is 6.15. The van der Waals surface area contributed by atoms with E-state index in [0.29, 0.717) is 12.6 Å². The third kappa shape index (κ3) is 7.02. The lowest BCUT2D eigenvalue weighted by atomic mass is 9.96. The molecule has 3 heteroatoms. The van der Waals surface area contributed by atoms with Crippen LogP contribution in [0.15, 0.2) is 34.3 Å². The number of ether oxygens (including phenoxy) is 1. The van der Waals surface area contributed by atoms with Crippen molar-refractivity contribution in [2.24, 2.45) is 9.98 Å². The van der Waals surface area contributed by atoms with E-state index in [-0.39, 0.29) is 0 Å². The van der Waals surface area contributed by atoms with Crippen molar-refractivity contribution in [3.05, 3.63) is 35.4 Å². The van der Waals surface area contributed by atoms with Crippen LogP contribution in [0.1, 0.15) is 56.1 Å². The first-order chi connectivity index (χ1) is 10.8. The van der Waals surface area contributed by atoms with Gasteiger partial charge in [-0.3, -0.25) is 0 Å². The zero-order valence-electron chi connectivity index (χ0n) is 13.8. The highest BCUT2D eigenvalue weighted by molar-refractivity contribution is 5.41. The van der Waals surface area contributed by atoms with E-state index in [2.05, 4.69) is 47.2 Å². The van der Waals surface area contributed by atoms with Crippen molar-refractivity contribution < 1.29 is 4.74 Å². The number of aryl methyl sites for hydroxylation is 1. The topological polar surface area (TPSA) is 34.0 Å². The molecule has 0 spiro atoms. The molecule has 120 valence electrons. The lowest BCUT2D eigenvalue weighted by Gasteiger charge is -2.15. The molecule has 1 saturated carbocycles. The van der Waals surface area contributed by atoms with E-state index >= 15 is 0 Å². The van der Waals surface area contributed by atoms with Gasteiger partial charge in [-0.1, -0.05) is 49.1 Å². The van der Waals surface area contributed by atoms with Crippen molar-refractivity contribution in [2.45, 2.75) is 64.5 Å². The van der Waals surface area contributed by atoms with E-state index in [1.807, 2.05) is 0 Å². The van der Waals surface area contributed by atoms with Gasteiger partial charge in [0, 0.05) is 13.2 Å². The Morgan fingerprint density at radius 2 is 1.86 bits per heavy atom.